The zero-order chi connectivity index (χ0) is 16.3. The maximum absolute atomic E-state index is 12.5. The van der Waals surface area contributed by atoms with Crippen molar-refractivity contribution in [2.75, 3.05) is 20.2 Å². The van der Waals surface area contributed by atoms with Crippen molar-refractivity contribution in [1.82, 2.24) is 9.62 Å². The summed E-state index contributed by atoms with van der Waals surface area (Å²) in [5.41, 5.74) is 0. The number of nitrogens with one attached hydrogen (secondary N) is 1. The number of ether oxygens (including phenoxy) is 1. The highest BCUT2D eigenvalue weighted by Crippen LogP contribution is 2.47. The molecule has 122 valence electrons. The lowest BCUT2D eigenvalue weighted by atomic mass is 10.3. The van der Waals surface area contributed by atoms with Gasteiger partial charge >= 0.3 is 5.97 Å². The lowest BCUT2D eigenvalue weighted by molar-refractivity contribution is -0.143. The molecule has 0 aliphatic heterocycles. The van der Waals surface area contributed by atoms with E-state index >= 15 is 0 Å². The van der Waals surface area contributed by atoms with Crippen LogP contribution in [0.25, 0.3) is 0 Å². The van der Waals surface area contributed by atoms with Gasteiger partial charge in [0, 0.05) is 13.1 Å². The Balaban J connectivity index is 2.71. The van der Waals surface area contributed by atoms with E-state index in [2.05, 4.69) is 5.32 Å². The van der Waals surface area contributed by atoms with E-state index in [1.54, 1.807) is 20.8 Å². The third kappa shape index (κ3) is 4.41. The van der Waals surface area contributed by atoms with E-state index in [1.807, 2.05) is 0 Å². The van der Waals surface area contributed by atoms with Crippen LogP contribution in [-0.2, 0) is 24.3 Å². The number of sulfonamides is 1. The highest BCUT2D eigenvalue weighted by molar-refractivity contribution is 7.90. The lowest BCUT2D eigenvalue weighted by Crippen LogP contribution is -2.45. The first kappa shape index (κ1) is 17.9. The summed E-state index contributed by atoms with van der Waals surface area (Å²) in [6.07, 6.45) is 0.688. The normalized spacial score (nSPS) is 16.9. The summed E-state index contributed by atoms with van der Waals surface area (Å²) < 4.78 is 29.8. The maximum atomic E-state index is 12.5. The molecule has 1 aliphatic carbocycles. The van der Waals surface area contributed by atoms with Crippen LogP contribution < -0.4 is 5.32 Å². The molecule has 0 unspecified atom stereocenters. The Morgan fingerprint density at radius 2 is 1.90 bits per heavy atom. The second-order valence-corrected chi connectivity index (χ2v) is 8.09. The number of hydrogen-bond donors (Lipinski definition) is 1. The van der Waals surface area contributed by atoms with Crippen molar-refractivity contribution in [3.63, 3.8) is 0 Å². The van der Waals surface area contributed by atoms with Gasteiger partial charge in [-0.25, -0.2) is 8.42 Å². The van der Waals surface area contributed by atoms with E-state index in [-0.39, 0.29) is 31.5 Å². The molecule has 0 aromatic rings. The number of esters is 1. The van der Waals surface area contributed by atoms with Crippen LogP contribution >= 0.6 is 0 Å². The van der Waals surface area contributed by atoms with Gasteiger partial charge in [-0.15, -0.1) is 0 Å². The first-order chi connectivity index (χ1) is 9.64. The quantitative estimate of drug-likeness (QED) is 0.648. The summed E-state index contributed by atoms with van der Waals surface area (Å²) in [7, 11) is -2.34. The molecular weight excluding hydrogens is 296 g/mol. The van der Waals surface area contributed by atoms with Crippen LogP contribution in [0.4, 0.5) is 0 Å². The van der Waals surface area contributed by atoms with E-state index in [0.29, 0.717) is 12.8 Å². The van der Waals surface area contributed by atoms with Crippen molar-refractivity contribution in [1.29, 1.82) is 0 Å². The topological polar surface area (TPSA) is 92.8 Å². The van der Waals surface area contributed by atoms with Crippen LogP contribution in [-0.4, -0.2) is 55.6 Å². The van der Waals surface area contributed by atoms with Crippen molar-refractivity contribution in [3.8, 4) is 0 Å². The molecule has 0 aromatic heterocycles. The van der Waals surface area contributed by atoms with E-state index in [1.165, 1.54) is 7.05 Å². The predicted octanol–water partition coefficient (Wildman–Crippen LogP) is 0.258. The predicted molar refractivity (Wildman–Crippen MR) is 78.0 cm³/mol. The van der Waals surface area contributed by atoms with Gasteiger partial charge in [-0.3, -0.25) is 9.59 Å². The van der Waals surface area contributed by atoms with Gasteiger partial charge < -0.3 is 10.1 Å². The first-order valence-corrected chi connectivity index (χ1v) is 8.49. The molecule has 1 rings (SSSR count). The minimum atomic E-state index is -3.70. The van der Waals surface area contributed by atoms with Crippen LogP contribution in [0.3, 0.4) is 0 Å². The Hall–Kier alpha value is -1.15. The van der Waals surface area contributed by atoms with Gasteiger partial charge in [-0.2, -0.15) is 4.31 Å². The summed E-state index contributed by atoms with van der Waals surface area (Å²) in [4.78, 5) is 23.2. The summed E-state index contributed by atoms with van der Waals surface area (Å²) in [5.74, 6) is -0.874. The van der Waals surface area contributed by atoms with E-state index < -0.39 is 20.7 Å². The fourth-order valence-corrected chi connectivity index (χ4v) is 3.99. The van der Waals surface area contributed by atoms with Crippen LogP contribution in [0.15, 0.2) is 0 Å². The van der Waals surface area contributed by atoms with Crippen LogP contribution in [0.1, 0.15) is 40.0 Å². The van der Waals surface area contributed by atoms with Crippen molar-refractivity contribution in [2.24, 2.45) is 0 Å². The summed E-state index contributed by atoms with van der Waals surface area (Å²) in [5, 5.41) is 2.64. The second kappa shape index (κ2) is 6.74. The Labute approximate surface area is 126 Å². The number of carbonyl (C=O) groups is 2. The van der Waals surface area contributed by atoms with E-state index in [9.17, 15) is 18.0 Å². The molecule has 7 nitrogen and oxygen atoms in total. The molecule has 0 atom stereocenters. The molecule has 8 heteroatoms. The lowest BCUT2D eigenvalue weighted by Gasteiger charge is -2.23. The van der Waals surface area contributed by atoms with Crippen LogP contribution in [0.5, 0.6) is 0 Å². The fraction of sp³-hybridized carbons (Fsp3) is 0.846. The number of amides is 1. The molecule has 0 aromatic carbocycles. The Bertz CT molecular complexity index is 497. The third-order valence-corrected chi connectivity index (χ3v) is 5.95. The SMILES string of the molecule is CCOC(=O)CC1(S(=O)(=O)N(C)CC(=O)NC(C)C)CC1. The molecule has 0 saturated heterocycles. The molecule has 0 heterocycles. The van der Waals surface area contributed by atoms with Gasteiger partial charge in [0.1, 0.15) is 0 Å². The van der Waals surface area contributed by atoms with E-state index in [4.69, 9.17) is 4.74 Å². The Kier molecular flexibility index (Phi) is 5.75. The molecular formula is C13H24N2O5S. The number of carbonyl (C=O) groups excluding carboxylic acids is 2. The summed E-state index contributed by atoms with van der Waals surface area (Å²) in [6.45, 7) is 5.26. The molecule has 0 spiro atoms. The maximum Gasteiger partial charge on any atom is 0.307 e. The number of hydrogen-bond acceptors (Lipinski definition) is 5. The first-order valence-electron chi connectivity index (χ1n) is 7.05. The molecule has 0 bridgehead atoms. The van der Waals surface area contributed by atoms with Crippen LogP contribution in [0, 0.1) is 0 Å². The molecule has 0 radical (unpaired) electrons. The number of likely N-dealkylation sites (N-methyl/N-ethyl adjacent to an activating group) is 1. The van der Waals surface area contributed by atoms with Crippen LogP contribution in [0.2, 0.25) is 0 Å². The summed E-state index contributed by atoms with van der Waals surface area (Å²) in [6, 6.07) is -0.0528. The molecule has 1 fully saturated rings. The molecule has 1 aliphatic rings. The molecule has 21 heavy (non-hydrogen) atoms. The molecule has 1 N–H and O–H groups in total. The minimum Gasteiger partial charge on any atom is -0.466 e. The third-order valence-electron chi connectivity index (χ3n) is 3.35. The van der Waals surface area contributed by atoms with Crippen molar-refractivity contribution >= 4 is 21.9 Å². The average Bonchev–Trinajstić information content (AvgIpc) is 3.09. The van der Waals surface area contributed by atoms with E-state index in [0.717, 1.165) is 4.31 Å². The molecule has 1 saturated carbocycles. The second-order valence-electron chi connectivity index (χ2n) is 5.65. The van der Waals surface area contributed by atoms with Crippen molar-refractivity contribution in [3.05, 3.63) is 0 Å². The Morgan fingerprint density at radius 1 is 1.33 bits per heavy atom. The van der Waals surface area contributed by atoms with Gasteiger partial charge in [0.05, 0.1) is 24.3 Å². The zero-order valence-electron chi connectivity index (χ0n) is 13.0. The highest BCUT2D eigenvalue weighted by Gasteiger charge is 2.57. The smallest absolute Gasteiger partial charge is 0.307 e. The highest BCUT2D eigenvalue weighted by atomic mass is 32.2. The number of rotatable bonds is 8. The zero-order valence-corrected chi connectivity index (χ0v) is 13.8. The van der Waals surface area contributed by atoms with Gasteiger partial charge in [0.25, 0.3) is 0 Å². The molecule has 1 amide bonds. The van der Waals surface area contributed by atoms with Crippen molar-refractivity contribution in [2.45, 2.75) is 50.8 Å². The minimum absolute atomic E-state index is 0.0528. The fourth-order valence-electron chi connectivity index (χ4n) is 2.13. The van der Waals surface area contributed by atoms with Gasteiger partial charge in [-0.05, 0) is 33.6 Å². The van der Waals surface area contributed by atoms with Gasteiger partial charge in [-0.1, -0.05) is 0 Å². The average molecular weight is 320 g/mol. The van der Waals surface area contributed by atoms with Crippen molar-refractivity contribution < 1.29 is 22.7 Å². The monoisotopic (exact) mass is 320 g/mol. The number of nitrogens with zero attached hydrogens (tertiary/aromatic N) is 1. The Morgan fingerprint density at radius 3 is 2.33 bits per heavy atom. The van der Waals surface area contributed by atoms with Gasteiger partial charge in [0.2, 0.25) is 15.9 Å². The summed E-state index contributed by atoms with van der Waals surface area (Å²) >= 11 is 0. The largest absolute Gasteiger partial charge is 0.466 e. The van der Waals surface area contributed by atoms with Gasteiger partial charge in [0.15, 0.2) is 0 Å². The standard InChI is InChI=1S/C13H24N2O5S/c1-5-20-12(17)8-13(6-7-13)21(18,19)15(4)9-11(16)14-10(2)3/h10H,5-9H2,1-4H3,(H,14,16).